The molecule has 5 nitrogen and oxygen atoms in total. The molecule has 5 N–H and O–H groups in total. The molecule has 0 saturated carbocycles. The molecule has 0 amide bonds. The fourth-order valence-electron chi connectivity index (χ4n) is 6.87. The minimum atomic E-state index is 0.197. The van der Waals surface area contributed by atoms with Gasteiger partial charge in [0.1, 0.15) is 5.84 Å². The summed E-state index contributed by atoms with van der Waals surface area (Å²) in [4.78, 5) is 4.13. The summed E-state index contributed by atoms with van der Waals surface area (Å²) in [6, 6.07) is 48.4. The van der Waals surface area contributed by atoms with E-state index in [2.05, 4.69) is 144 Å². The second kappa shape index (κ2) is 15.7. The lowest BCUT2D eigenvalue weighted by atomic mass is 9.90. The van der Waals surface area contributed by atoms with Gasteiger partial charge in [0, 0.05) is 38.8 Å². The van der Waals surface area contributed by atoms with Crippen LogP contribution in [0.1, 0.15) is 36.5 Å². The van der Waals surface area contributed by atoms with E-state index in [1.165, 1.54) is 27.4 Å². The zero-order valence-electron chi connectivity index (χ0n) is 30.1. The maximum Gasteiger partial charge on any atom is 0.154 e. The van der Waals surface area contributed by atoms with Crippen molar-refractivity contribution in [2.45, 2.75) is 26.7 Å². The number of fused-ring (bicyclic) bond motifs is 3. The van der Waals surface area contributed by atoms with E-state index in [0.29, 0.717) is 5.84 Å². The average molecular weight is 690 g/mol. The molecule has 0 fully saturated rings. The van der Waals surface area contributed by atoms with Crippen molar-refractivity contribution in [3.8, 4) is 27.9 Å². The third-order valence-corrected chi connectivity index (χ3v) is 9.54. The fraction of sp³-hybridized carbons (Fsp3) is 0.0833. The van der Waals surface area contributed by atoms with Crippen molar-refractivity contribution < 1.29 is 0 Å². The van der Waals surface area contributed by atoms with Gasteiger partial charge in [0.25, 0.3) is 0 Å². The lowest BCUT2D eigenvalue weighted by molar-refractivity contribution is 1.03. The van der Waals surface area contributed by atoms with Crippen LogP contribution in [-0.2, 0) is 0 Å². The van der Waals surface area contributed by atoms with Crippen molar-refractivity contribution >= 4 is 45.2 Å². The number of nitrogens with two attached hydrogens (primary N) is 2. The Kier molecular flexibility index (Phi) is 10.3. The quantitative estimate of drug-likeness (QED) is 0.0921. The number of rotatable bonds is 6. The Balaban J connectivity index is 0.000000215. The fourth-order valence-corrected chi connectivity index (χ4v) is 6.87. The summed E-state index contributed by atoms with van der Waals surface area (Å²) in [5, 5.41) is 10.4. The summed E-state index contributed by atoms with van der Waals surface area (Å²) in [6.45, 7) is 4.13. The van der Waals surface area contributed by atoms with Crippen molar-refractivity contribution in [2.24, 2.45) is 10.7 Å². The Bertz CT molecular complexity index is 2530. The van der Waals surface area contributed by atoms with Gasteiger partial charge in [-0.3, -0.25) is 5.41 Å². The zero-order valence-corrected chi connectivity index (χ0v) is 30.1. The number of aryl methyl sites for hydroxylation is 1. The second-order valence-electron chi connectivity index (χ2n) is 13.1. The first-order chi connectivity index (χ1) is 25.9. The van der Waals surface area contributed by atoms with Crippen LogP contribution < -0.4 is 11.5 Å². The molecule has 1 aliphatic carbocycles. The van der Waals surface area contributed by atoms with Gasteiger partial charge in [-0.05, 0) is 73.2 Å². The minimum absolute atomic E-state index is 0.197. The summed E-state index contributed by atoms with van der Waals surface area (Å²) < 4.78 is 2.36. The largest absolute Gasteiger partial charge is 0.398 e. The number of nitrogens with zero attached hydrogens (tertiary/aromatic N) is 2. The molecule has 0 radical (unpaired) electrons. The summed E-state index contributed by atoms with van der Waals surface area (Å²) in [7, 11) is 0. The predicted molar refractivity (Wildman–Crippen MR) is 227 cm³/mol. The van der Waals surface area contributed by atoms with E-state index in [9.17, 15) is 0 Å². The van der Waals surface area contributed by atoms with E-state index in [1.807, 2.05) is 49.4 Å². The van der Waals surface area contributed by atoms with Crippen molar-refractivity contribution in [2.75, 3.05) is 5.73 Å². The van der Waals surface area contributed by atoms with Crippen LogP contribution in [0.15, 0.2) is 174 Å². The predicted octanol–water partition coefficient (Wildman–Crippen LogP) is 11.7. The average Bonchev–Trinajstić information content (AvgIpc) is 3.54. The molecule has 0 aliphatic heterocycles. The van der Waals surface area contributed by atoms with E-state index >= 15 is 0 Å². The second-order valence-corrected chi connectivity index (χ2v) is 13.1. The van der Waals surface area contributed by atoms with E-state index < -0.39 is 0 Å². The highest BCUT2D eigenvalue weighted by molar-refractivity contribution is 6.11. The van der Waals surface area contributed by atoms with Gasteiger partial charge in [-0.2, -0.15) is 0 Å². The van der Waals surface area contributed by atoms with Crippen LogP contribution in [0.5, 0.6) is 0 Å². The van der Waals surface area contributed by atoms with Crippen LogP contribution in [0.25, 0.3) is 55.8 Å². The third kappa shape index (κ3) is 7.37. The molecule has 0 spiro atoms. The number of nitrogens with one attached hydrogen (secondary N) is 1. The molecule has 6 aromatic carbocycles. The number of amidine groups is 2. The topological polar surface area (TPSA) is 93.2 Å². The minimum Gasteiger partial charge on any atom is -0.398 e. The Morgan fingerprint density at radius 3 is 2.13 bits per heavy atom. The number of anilines is 1. The standard InChI is InChI=1S/C34H28N2.C14H15N3/c1-3-9-25-18-20-28(33(34(25)35)24-16-14-23(2)15-17-24)26-19-21-30-29-12-7-8-13-31(29)36(32(30)22-26)27-10-5-4-6-11-27;15-13(11-7-3-1-4-8-11)17-14(16)12-9-5-2-6-10-12/h3-22H,35H2,1-2H3;1,3-5,7-10H,2,6H2,(H3,15,16,17)/b9-3-;. The maximum atomic E-state index is 7.86. The smallest absolute Gasteiger partial charge is 0.154 e. The first-order valence-electron chi connectivity index (χ1n) is 18.0. The third-order valence-electron chi connectivity index (χ3n) is 9.54. The maximum absolute atomic E-state index is 7.86. The van der Waals surface area contributed by atoms with Gasteiger partial charge in [-0.1, -0.05) is 151 Å². The molecule has 1 aliphatic rings. The van der Waals surface area contributed by atoms with Crippen LogP contribution in [0.4, 0.5) is 5.69 Å². The lowest BCUT2D eigenvalue weighted by Crippen LogP contribution is -2.17. The van der Waals surface area contributed by atoms with Crippen molar-refractivity contribution in [3.05, 3.63) is 186 Å². The van der Waals surface area contributed by atoms with Gasteiger partial charge in [-0.15, -0.1) is 0 Å². The summed E-state index contributed by atoms with van der Waals surface area (Å²) in [6.07, 6.45) is 12.2. The molecule has 1 heterocycles. The van der Waals surface area contributed by atoms with Gasteiger partial charge in [0.2, 0.25) is 0 Å². The van der Waals surface area contributed by atoms with E-state index in [0.717, 1.165) is 63.2 Å². The van der Waals surface area contributed by atoms with Crippen LogP contribution in [-0.4, -0.2) is 16.2 Å². The van der Waals surface area contributed by atoms with Crippen LogP contribution in [0, 0.1) is 12.3 Å². The summed E-state index contributed by atoms with van der Waals surface area (Å²) in [5.74, 6) is 0.609. The molecule has 7 aromatic rings. The Labute approximate surface area is 311 Å². The highest BCUT2D eigenvalue weighted by atomic mass is 15.0. The van der Waals surface area contributed by atoms with E-state index in [-0.39, 0.29) is 5.84 Å². The van der Waals surface area contributed by atoms with E-state index in [1.54, 1.807) is 0 Å². The first-order valence-corrected chi connectivity index (χ1v) is 18.0. The molecule has 8 rings (SSSR count). The number of para-hydroxylation sites is 2. The van der Waals surface area contributed by atoms with Gasteiger partial charge in [0.15, 0.2) is 5.84 Å². The summed E-state index contributed by atoms with van der Waals surface area (Å²) >= 11 is 0. The van der Waals surface area contributed by atoms with Gasteiger partial charge < -0.3 is 16.0 Å². The highest BCUT2D eigenvalue weighted by Crippen LogP contribution is 2.41. The van der Waals surface area contributed by atoms with Crippen molar-refractivity contribution in [1.29, 1.82) is 5.41 Å². The number of hydrogen-bond acceptors (Lipinski definition) is 2. The summed E-state index contributed by atoms with van der Waals surface area (Å²) in [5.41, 5.74) is 25.5. The molecule has 0 unspecified atom stereocenters. The molecular weight excluding hydrogens is 647 g/mol. The molecule has 0 atom stereocenters. The number of aromatic nitrogens is 1. The zero-order chi connectivity index (χ0) is 36.7. The normalized spacial score (nSPS) is 12.9. The monoisotopic (exact) mass is 689 g/mol. The molecule has 5 heteroatoms. The first kappa shape index (κ1) is 34.7. The van der Waals surface area contributed by atoms with Crippen LogP contribution in [0.2, 0.25) is 0 Å². The molecule has 1 aromatic heterocycles. The van der Waals surface area contributed by atoms with Gasteiger partial charge in [0.05, 0.1) is 11.0 Å². The molecule has 0 saturated heterocycles. The van der Waals surface area contributed by atoms with Gasteiger partial charge in [-0.25, -0.2) is 4.99 Å². The van der Waals surface area contributed by atoms with Crippen molar-refractivity contribution in [3.63, 3.8) is 0 Å². The van der Waals surface area contributed by atoms with Crippen molar-refractivity contribution in [1.82, 2.24) is 4.57 Å². The van der Waals surface area contributed by atoms with Crippen LogP contribution >= 0.6 is 0 Å². The number of nitrogen functional groups attached to an aromatic ring is 1. The Morgan fingerprint density at radius 2 is 1.42 bits per heavy atom. The number of aliphatic imine (C=N–C) groups is 1. The highest BCUT2D eigenvalue weighted by Gasteiger charge is 2.17. The Morgan fingerprint density at radius 1 is 0.736 bits per heavy atom. The molecule has 0 bridgehead atoms. The van der Waals surface area contributed by atoms with E-state index in [4.69, 9.17) is 16.9 Å². The number of allylic oxidation sites excluding steroid dienone is 3. The Hall–Kier alpha value is -6.72. The lowest BCUT2D eigenvalue weighted by Gasteiger charge is -2.16. The molecule has 53 heavy (non-hydrogen) atoms. The van der Waals surface area contributed by atoms with Crippen LogP contribution in [0.3, 0.4) is 0 Å². The molecular formula is C48H43N5. The number of benzene rings is 6. The van der Waals surface area contributed by atoms with Gasteiger partial charge >= 0.3 is 0 Å². The molecule has 260 valence electrons. The number of hydrogen-bond donors (Lipinski definition) is 3. The SMILES string of the molecule is C/C=C\c1ccc(-c2ccc3c4ccccc4n(-c4ccccc4)c3c2)c(-c2ccc(C)cc2)c1N.N=C(N=C(N)C1=CCCC=C1)c1ccccc1.